The fraction of sp³-hybridized carbons (Fsp3) is 0.829. The molecule has 4 unspecified atom stereocenters. The second-order valence-corrected chi connectivity index (χ2v) is 15.5. The van der Waals surface area contributed by atoms with Gasteiger partial charge < -0.3 is 62.6 Å². The zero-order valence-electron chi connectivity index (χ0n) is 38.1. The molecule has 71 heavy (non-hydrogen) atoms. The number of nitrogens with two attached hydrogens (primary N) is 1. The average Bonchev–Trinajstić information content (AvgIpc) is 3.59. The van der Waals surface area contributed by atoms with Crippen LogP contribution in [0.15, 0.2) is 25.6 Å². The van der Waals surface area contributed by atoms with Crippen LogP contribution in [0, 0.1) is 0 Å². The van der Waals surface area contributed by atoms with E-state index in [1.165, 1.54) is 0 Å². The summed E-state index contributed by atoms with van der Waals surface area (Å²) >= 11 is 0. The summed E-state index contributed by atoms with van der Waals surface area (Å²) in [6.07, 6.45) is -27.8. The molecule has 3 heterocycles. The lowest BCUT2D eigenvalue weighted by atomic mass is 9.83. The van der Waals surface area contributed by atoms with Gasteiger partial charge in [-0.3, -0.25) is 28.8 Å². The van der Waals surface area contributed by atoms with E-state index in [1.54, 1.807) is 0 Å². The van der Waals surface area contributed by atoms with Crippen LogP contribution in [-0.2, 0) is 85.6 Å². The van der Waals surface area contributed by atoms with E-state index in [0.29, 0.717) is 0 Å². The van der Waals surface area contributed by atoms with Gasteiger partial charge in [-0.2, -0.15) is 8.78 Å². The molecular weight excluding hydrogens is 970 g/mol. The number of nitrogens with zero attached hydrogens (tertiary/aromatic N) is 15. The number of hydrogen-bond donors (Lipinski definition) is 1. The molecule has 4 fully saturated rings. The molecule has 34 nitrogen and oxygen atoms in total. The first kappa shape index (κ1) is 56.5. The summed E-state index contributed by atoms with van der Waals surface area (Å²) < 4.78 is 101. The molecule has 0 aromatic carbocycles. The molecule has 36 heteroatoms. The van der Waals surface area contributed by atoms with E-state index in [1.807, 2.05) is 0 Å². The predicted molar refractivity (Wildman–Crippen MR) is 219 cm³/mol. The fourth-order valence-corrected chi connectivity index (χ4v) is 8.05. The van der Waals surface area contributed by atoms with Crippen LogP contribution in [0.5, 0.6) is 0 Å². The smallest absolute Gasteiger partial charge is 0.310 e. The highest BCUT2D eigenvalue weighted by atomic mass is 19.3. The van der Waals surface area contributed by atoms with Crippen LogP contribution in [0.3, 0.4) is 0 Å². The van der Waals surface area contributed by atoms with E-state index in [-0.39, 0.29) is 0 Å². The Morgan fingerprint density at radius 2 is 1.03 bits per heavy atom. The van der Waals surface area contributed by atoms with Crippen molar-refractivity contribution in [3.05, 3.63) is 52.2 Å². The monoisotopic (exact) mass is 1020 g/mol. The molecule has 3 saturated heterocycles. The van der Waals surface area contributed by atoms with Crippen molar-refractivity contribution in [3.8, 4) is 0 Å². The minimum Gasteiger partial charge on any atom is -0.463 e. The van der Waals surface area contributed by atoms with Crippen LogP contribution < -0.4 is 5.73 Å². The fourth-order valence-electron chi connectivity index (χ4n) is 8.05. The van der Waals surface area contributed by atoms with E-state index >= 15 is 8.78 Å². The summed E-state index contributed by atoms with van der Waals surface area (Å²) in [6, 6.07) is -7.27. The molecule has 18 atom stereocenters. The van der Waals surface area contributed by atoms with Crippen molar-refractivity contribution < 1.29 is 94.4 Å². The highest BCUT2D eigenvalue weighted by Crippen LogP contribution is 2.43. The third-order valence-corrected chi connectivity index (χ3v) is 10.6. The molecule has 0 amide bonds. The molecule has 0 aromatic rings. The quantitative estimate of drug-likeness (QED) is 0.0602. The van der Waals surface area contributed by atoms with Crippen molar-refractivity contribution in [1.29, 1.82) is 0 Å². The topological polar surface area (TPSA) is 483 Å². The Hall–Kier alpha value is -7.05. The Balaban J connectivity index is 1.93. The Bertz CT molecular complexity index is 2240. The van der Waals surface area contributed by atoms with Gasteiger partial charge in [0.2, 0.25) is 0 Å². The Labute approximate surface area is 397 Å². The third-order valence-electron chi connectivity index (χ3n) is 10.6. The summed E-state index contributed by atoms with van der Waals surface area (Å²) in [5.74, 6) is -10.5. The second kappa shape index (κ2) is 25.7. The van der Waals surface area contributed by atoms with Crippen molar-refractivity contribution in [2.24, 2.45) is 31.3 Å². The number of alkyl halides is 2. The van der Waals surface area contributed by atoms with Crippen LogP contribution in [0.1, 0.15) is 48.0 Å². The molecule has 0 spiro atoms. The maximum Gasteiger partial charge on any atom is 0.310 e. The number of esters is 6. The molecule has 0 aromatic heterocycles. The number of ether oxygens (including phenoxy) is 12. The van der Waals surface area contributed by atoms with Gasteiger partial charge in [-0.15, -0.1) is 0 Å². The van der Waals surface area contributed by atoms with Crippen LogP contribution >= 0.6 is 0 Å². The number of carbonyl (C=O) groups is 6. The second-order valence-electron chi connectivity index (χ2n) is 15.5. The molecule has 388 valence electrons. The summed E-state index contributed by atoms with van der Waals surface area (Å²) in [5.41, 5.74) is 53.5. The SMILES string of the molecule is CC(=O)OC[C@H]1O[C@@H](O[C@H]2[C@H](O[C@H]3O[C@H](CN=[N+]=[N-])C(F)(F)[C@H](OC(C)=O)C3N=[N+]=[N-])C(N=[N+]=[N-])CC(N=[N+]=[N-])[C@@H]2OC(C)=O)[C@H](OC(C)=O)[C@@H]1O[C@H]1O[C@@H](CN)[C@@H](OC(C)=O)[C@H](OC(C)=O)C1N=[N+]=[N-]. The van der Waals surface area contributed by atoms with Gasteiger partial charge in [-0.25, -0.2) is 0 Å². The van der Waals surface area contributed by atoms with E-state index in [2.05, 4.69) is 50.1 Å². The molecule has 1 saturated carbocycles. The van der Waals surface area contributed by atoms with Crippen LogP contribution in [-0.4, -0.2) is 172 Å². The maximum atomic E-state index is 16.0. The largest absolute Gasteiger partial charge is 0.463 e. The van der Waals surface area contributed by atoms with Gasteiger partial charge in [0.25, 0.3) is 0 Å². The minimum atomic E-state index is -4.26. The molecule has 3 aliphatic heterocycles. The standard InChI is InChI=1S/C35H46F2N16O18/c1-11(54)60-10-20-27(70-32-22(47-52-42)28(63-14(4)57)26(62-13(3)56)19(8-38)66-32)30(64-15(5)58)34(67-20)71-29-24(61-12(2)55)17(45-50-40)7-18(46-51-41)25(29)69-33-23(48-53-43)31(65-16(6)59)35(36,37)21(68-33)9-44-49-39/h17-34H,7-10,38H2,1-6H3/t17?,18?,19-,20+,21+,22?,23?,24-,25+,26+,27+,28+,29+,30+,31+,32+,33+,34-/m0/s1. The first-order valence-electron chi connectivity index (χ1n) is 20.8. The van der Waals surface area contributed by atoms with Gasteiger partial charge >= 0.3 is 41.7 Å². The summed E-state index contributed by atoms with van der Waals surface area (Å²) in [6.45, 7) is 3.22. The number of hydrogen-bond acceptors (Lipinski definition) is 24. The maximum absolute atomic E-state index is 16.0. The molecule has 0 bridgehead atoms. The van der Waals surface area contributed by atoms with Gasteiger partial charge in [0.1, 0.15) is 55.3 Å². The third kappa shape index (κ3) is 14.3. The lowest BCUT2D eigenvalue weighted by Crippen LogP contribution is -2.66. The van der Waals surface area contributed by atoms with E-state index < -0.39 is 178 Å². The van der Waals surface area contributed by atoms with Crippen molar-refractivity contribution in [2.75, 3.05) is 19.7 Å². The van der Waals surface area contributed by atoms with Gasteiger partial charge in [0, 0.05) is 72.6 Å². The lowest BCUT2D eigenvalue weighted by molar-refractivity contribution is -0.334. The summed E-state index contributed by atoms with van der Waals surface area (Å²) in [5, 5.41) is 17.5. The van der Waals surface area contributed by atoms with Crippen LogP contribution in [0.2, 0.25) is 0 Å². The highest BCUT2D eigenvalue weighted by molar-refractivity contribution is 5.68. The first-order chi connectivity index (χ1) is 33.6. The average molecular weight is 1020 g/mol. The van der Waals surface area contributed by atoms with Gasteiger partial charge in [-0.05, 0) is 34.1 Å². The van der Waals surface area contributed by atoms with E-state index in [4.69, 9.17) is 68.1 Å². The predicted octanol–water partition coefficient (Wildman–Crippen LogP) is 2.56. The molecular formula is C35H46F2N16O18. The Kier molecular flexibility index (Phi) is 20.5. The number of carbonyl (C=O) groups excluding carboxylic acids is 6. The summed E-state index contributed by atoms with van der Waals surface area (Å²) in [4.78, 5) is 88.0. The van der Waals surface area contributed by atoms with Crippen molar-refractivity contribution >= 4 is 35.8 Å². The number of azide groups is 5. The van der Waals surface area contributed by atoms with Gasteiger partial charge in [0.15, 0.2) is 43.3 Å². The zero-order valence-corrected chi connectivity index (χ0v) is 38.1. The minimum absolute atomic E-state index is 0.453. The van der Waals surface area contributed by atoms with Crippen molar-refractivity contribution in [1.82, 2.24) is 0 Å². The summed E-state index contributed by atoms with van der Waals surface area (Å²) in [7, 11) is 0. The zero-order chi connectivity index (χ0) is 52.7. The molecule has 2 N–H and O–H groups in total. The van der Waals surface area contributed by atoms with Crippen molar-refractivity contribution in [2.45, 2.75) is 164 Å². The van der Waals surface area contributed by atoms with Crippen LogP contribution in [0.25, 0.3) is 52.2 Å². The van der Waals surface area contributed by atoms with E-state index in [0.717, 1.165) is 41.5 Å². The first-order valence-corrected chi connectivity index (χ1v) is 20.8. The molecule has 0 radical (unpaired) electrons. The Morgan fingerprint density at radius 3 is 1.56 bits per heavy atom. The Morgan fingerprint density at radius 1 is 0.549 bits per heavy atom. The number of rotatable bonds is 20. The number of halogens is 2. The molecule has 4 rings (SSSR count). The van der Waals surface area contributed by atoms with E-state index in [9.17, 15) is 50.9 Å². The highest BCUT2D eigenvalue weighted by Gasteiger charge is 2.63. The lowest BCUT2D eigenvalue weighted by Gasteiger charge is -2.48. The molecule has 4 aliphatic rings. The van der Waals surface area contributed by atoms with Crippen LogP contribution in [0.4, 0.5) is 8.78 Å². The van der Waals surface area contributed by atoms with Crippen molar-refractivity contribution in [3.63, 3.8) is 0 Å². The normalized spacial score (nSPS) is 34.8. The van der Waals surface area contributed by atoms with Gasteiger partial charge in [-0.1, -0.05) is 25.6 Å². The molecule has 1 aliphatic carbocycles. The van der Waals surface area contributed by atoms with Gasteiger partial charge in [0.05, 0.1) is 24.7 Å².